The monoisotopic (exact) mass is 694 g/mol. The molecule has 6 aromatic rings. The van der Waals surface area contributed by atoms with Gasteiger partial charge >= 0.3 is 11.8 Å². The number of aromatic nitrogens is 2. The highest BCUT2D eigenvalue weighted by molar-refractivity contribution is 6.12. The van der Waals surface area contributed by atoms with Gasteiger partial charge in [0.15, 0.2) is 0 Å². The summed E-state index contributed by atoms with van der Waals surface area (Å²) in [6.45, 7) is -0.206. The van der Waals surface area contributed by atoms with Crippen LogP contribution in [0.4, 0.5) is 16.2 Å². The second-order valence-electron chi connectivity index (χ2n) is 13.2. The topological polar surface area (TPSA) is 165 Å². The Morgan fingerprint density at radius 2 is 1.60 bits per heavy atom. The van der Waals surface area contributed by atoms with E-state index < -0.39 is 46.9 Å². The Balaban J connectivity index is 1.12. The summed E-state index contributed by atoms with van der Waals surface area (Å²) in [5.74, 6) is -2.39. The number of H-pyrrole nitrogens is 2. The number of amides is 4. The highest BCUT2D eigenvalue weighted by atomic mass is 16.5. The second kappa shape index (κ2) is 13.2. The molecule has 5 N–H and O–H groups in total. The van der Waals surface area contributed by atoms with Crippen LogP contribution in [-0.2, 0) is 37.6 Å². The van der Waals surface area contributed by atoms with Gasteiger partial charge < -0.3 is 35.6 Å². The molecule has 5 aromatic carbocycles. The molecule has 3 heterocycles. The number of likely N-dealkylation sites (tertiary alicyclic amines) is 1. The Morgan fingerprint density at radius 1 is 0.827 bits per heavy atom. The maximum atomic E-state index is 14.6. The number of imidazole rings is 1. The van der Waals surface area contributed by atoms with Gasteiger partial charge in [-0.05, 0) is 45.7 Å². The number of para-hydroxylation sites is 2. The van der Waals surface area contributed by atoms with Crippen LogP contribution in [0.5, 0.6) is 0 Å². The number of anilines is 2. The molecule has 0 saturated carbocycles. The van der Waals surface area contributed by atoms with Gasteiger partial charge in [0, 0.05) is 25.2 Å². The molecule has 12 heteroatoms. The molecule has 3 atom stereocenters. The van der Waals surface area contributed by atoms with E-state index in [0.717, 1.165) is 21.9 Å². The van der Waals surface area contributed by atoms with Gasteiger partial charge in [-0.15, -0.1) is 0 Å². The van der Waals surface area contributed by atoms with Crippen molar-refractivity contribution in [3.8, 4) is 0 Å². The fraction of sp³-hybridized carbons (Fsp3) is 0.175. The zero-order valence-electron chi connectivity index (χ0n) is 27.8. The maximum absolute atomic E-state index is 14.6. The number of benzene rings is 5. The number of aromatic amines is 2. The van der Waals surface area contributed by atoms with Crippen molar-refractivity contribution in [3.63, 3.8) is 0 Å². The third kappa shape index (κ3) is 5.93. The van der Waals surface area contributed by atoms with E-state index in [2.05, 4.69) is 25.9 Å². The van der Waals surface area contributed by atoms with Crippen LogP contribution in [0.3, 0.4) is 0 Å². The van der Waals surface area contributed by atoms with Gasteiger partial charge in [-0.1, -0.05) is 97.1 Å². The lowest BCUT2D eigenvalue weighted by atomic mass is 9.73. The average molecular weight is 695 g/mol. The fourth-order valence-electron chi connectivity index (χ4n) is 7.48. The molecule has 52 heavy (non-hydrogen) atoms. The van der Waals surface area contributed by atoms with E-state index in [0.29, 0.717) is 28.0 Å². The number of nitrogens with zero attached hydrogens (tertiary/aromatic N) is 1. The summed E-state index contributed by atoms with van der Waals surface area (Å²) in [6.07, 6.45) is -0.639. The molecule has 8 rings (SSSR count). The molecule has 1 fully saturated rings. The van der Waals surface area contributed by atoms with Crippen molar-refractivity contribution < 1.29 is 23.9 Å². The normalized spacial score (nSPS) is 18.3. The second-order valence-corrected chi connectivity index (χ2v) is 13.2. The Labute approximate surface area is 297 Å². The maximum Gasteiger partial charge on any atom is 0.408 e. The standard InChI is InChI=1S/C40H34N6O6/c47-35(41-31-15-8-16-32-34(31)45-38(50)43-32)29-21-46(23-40(29)28-13-6-7-14-30(28)42-37(40)49)36(48)33(44-39(51)52-22-24-9-2-1-3-10-24)20-25-17-18-26-11-4-5-12-27(26)19-25/h1-19,29,33H,20-23H2,(H,41,47)(H,42,49)(H,44,51)(H2,43,45,50)/t29?,33-,40?/m0/s1. The van der Waals surface area contributed by atoms with Crippen LogP contribution in [0.25, 0.3) is 21.8 Å². The molecule has 0 bridgehead atoms. The number of fused-ring (bicyclic) bond motifs is 4. The van der Waals surface area contributed by atoms with Crippen molar-refractivity contribution >= 4 is 57.0 Å². The number of hydrogen-bond donors (Lipinski definition) is 5. The minimum absolute atomic E-state index is 0.00868. The predicted molar refractivity (Wildman–Crippen MR) is 196 cm³/mol. The summed E-state index contributed by atoms with van der Waals surface area (Å²) >= 11 is 0. The zero-order chi connectivity index (χ0) is 35.8. The molecule has 1 saturated heterocycles. The molecule has 2 aliphatic heterocycles. The average Bonchev–Trinajstić information content (AvgIpc) is 3.84. The van der Waals surface area contributed by atoms with Crippen LogP contribution in [0.15, 0.2) is 120 Å². The minimum Gasteiger partial charge on any atom is -0.445 e. The Morgan fingerprint density at radius 3 is 2.44 bits per heavy atom. The molecule has 2 unspecified atom stereocenters. The number of carbonyl (C=O) groups excluding carboxylic acids is 4. The van der Waals surface area contributed by atoms with Crippen LogP contribution in [0, 0.1) is 5.92 Å². The molecular formula is C40H34N6O6. The van der Waals surface area contributed by atoms with Crippen molar-refractivity contribution in [2.75, 3.05) is 23.7 Å². The van der Waals surface area contributed by atoms with Crippen LogP contribution in [0.1, 0.15) is 16.7 Å². The fourth-order valence-corrected chi connectivity index (χ4v) is 7.48. The van der Waals surface area contributed by atoms with Crippen molar-refractivity contribution in [3.05, 3.63) is 142 Å². The van der Waals surface area contributed by atoms with Crippen LogP contribution in [-0.4, -0.2) is 57.8 Å². The van der Waals surface area contributed by atoms with Crippen LogP contribution < -0.4 is 21.6 Å². The van der Waals surface area contributed by atoms with Gasteiger partial charge in [0.25, 0.3) is 0 Å². The summed E-state index contributed by atoms with van der Waals surface area (Å²) in [5, 5.41) is 10.6. The SMILES string of the molecule is O=C(N[C@@H](Cc1ccc2ccccc2c1)C(=O)N1CC(C(=O)Nc2cccc3[nH]c(=O)[nH]c23)C2(C1)C(=O)Nc1ccccc12)OCc1ccccc1. The zero-order valence-corrected chi connectivity index (χ0v) is 27.8. The van der Waals surface area contributed by atoms with Crippen LogP contribution in [0.2, 0.25) is 0 Å². The van der Waals surface area contributed by atoms with E-state index in [1.165, 1.54) is 4.90 Å². The minimum atomic E-state index is -1.42. The number of ether oxygens (including phenoxy) is 1. The smallest absolute Gasteiger partial charge is 0.408 e. The predicted octanol–water partition coefficient (Wildman–Crippen LogP) is 4.83. The lowest BCUT2D eigenvalue weighted by Crippen LogP contribution is -2.50. The number of alkyl carbamates (subject to hydrolysis) is 1. The Hall–Kier alpha value is -6.69. The quantitative estimate of drug-likeness (QED) is 0.153. The molecule has 0 radical (unpaired) electrons. The van der Waals surface area contributed by atoms with E-state index in [1.54, 1.807) is 42.5 Å². The number of nitrogens with one attached hydrogen (secondary N) is 5. The summed E-state index contributed by atoms with van der Waals surface area (Å²) in [5.41, 5.74) is 2.18. The van der Waals surface area contributed by atoms with Gasteiger partial charge in [-0.25, -0.2) is 9.59 Å². The lowest BCUT2D eigenvalue weighted by molar-refractivity contribution is -0.132. The largest absolute Gasteiger partial charge is 0.445 e. The van der Waals surface area contributed by atoms with Crippen molar-refractivity contribution in [2.45, 2.75) is 24.5 Å². The van der Waals surface area contributed by atoms with Crippen molar-refractivity contribution in [1.29, 1.82) is 0 Å². The number of carbonyl (C=O) groups is 4. The molecule has 1 spiro atoms. The summed E-state index contributed by atoms with van der Waals surface area (Å²) in [6, 6.07) is 34.0. The highest BCUT2D eigenvalue weighted by Gasteiger charge is 2.61. The molecule has 12 nitrogen and oxygen atoms in total. The molecule has 2 aliphatic rings. The Bertz CT molecular complexity index is 2420. The number of hydrogen-bond acceptors (Lipinski definition) is 6. The highest BCUT2D eigenvalue weighted by Crippen LogP contribution is 2.48. The van der Waals surface area contributed by atoms with E-state index in [4.69, 9.17) is 4.74 Å². The molecular weight excluding hydrogens is 660 g/mol. The molecule has 4 amide bonds. The van der Waals surface area contributed by atoms with Gasteiger partial charge in [-0.3, -0.25) is 14.4 Å². The first kappa shape index (κ1) is 32.5. The van der Waals surface area contributed by atoms with E-state index in [1.807, 2.05) is 72.8 Å². The van der Waals surface area contributed by atoms with Gasteiger partial charge in [0.2, 0.25) is 17.7 Å². The first-order valence-corrected chi connectivity index (χ1v) is 16.9. The van der Waals surface area contributed by atoms with Crippen molar-refractivity contribution in [2.24, 2.45) is 5.92 Å². The van der Waals surface area contributed by atoms with E-state index >= 15 is 0 Å². The lowest BCUT2D eigenvalue weighted by Gasteiger charge is -2.28. The summed E-state index contributed by atoms with van der Waals surface area (Å²) in [4.78, 5) is 75.1. The molecule has 260 valence electrons. The molecule has 1 aromatic heterocycles. The third-order valence-corrected chi connectivity index (χ3v) is 9.99. The van der Waals surface area contributed by atoms with Crippen molar-refractivity contribution in [1.82, 2.24) is 20.2 Å². The number of rotatable bonds is 8. The first-order valence-electron chi connectivity index (χ1n) is 16.9. The molecule has 0 aliphatic carbocycles. The van der Waals surface area contributed by atoms with E-state index in [-0.39, 0.29) is 26.1 Å². The summed E-state index contributed by atoms with van der Waals surface area (Å²) in [7, 11) is 0. The Kier molecular flexibility index (Phi) is 8.26. The first-order chi connectivity index (χ1) is 25.3. The van der Waals surface area contributed by atoms with E-state index in [9.17, 15) is 24.0 Å². The van der Waals surface area contributed by atoms with Crippen LogP contribution >= 0.6 is 0 Å². The van der Waals surface area contributed by atoms with Gasteiger partial charge in [0.1, 0.15) is 18.1 Å². The van der Waals surface area contributed by atoms with Gasteiger partial charge in [-0.2, -0.15) is 0 Å². The van der Waals surface area contributed by atoms with Gasteiger partial charge in [0.05, 0.1) is 22.6 Å². The third-order valence-electron chi connectivity index (χ3n) is 9.99. The summed E-state index contributed by atoms with van der Waals surface area (Å²) < 4.78 is 5.52.